The van der Waals surface area contributed by atoms with Crippen LogP contribution in [0.25, 0.3) is 10.2 Å². The number of fused-ring (bicyclic) bond motifs is 1. The Kier molecular flexibility index (Phi) is 5.99. The van der Waals surface area contributed by atoms with Gasteiger partial charge in [0.25, 0.3) is 15.6 Å². The van der Waals surface area contributed by atoms with Gasteiger partial charge in [-0.05, 0) is 24.6 Å². The number of thiophene rings is 2. The van der Waals surface area contributed by atoms with Crippen molar-refractivity contribution < 1.29 is 13.2 Å². The summed E-state index contributed by atoms with van der Waals surface area (Å²) in [4.78, 5) is 33.0. The van der Waals surface area contributed by atoms with Crippen LogP contribution in [0.4, 0.5) is 0 Å². The third kappa shape index (κ3) is 4.04. The van der Waals surface area contributed by atoms with Crippen LogP contribution in [0, 0.1) is 0 Å². The van der Waals surface area contributed by atoms with Crippen LogP contribution in [0.15, 0.2) is 33.5 Å². The molecule has 0 N–H and O–H groups in total. The first-order valence-electron chi connectivity index (χ1n) is 9.30. The molecule has 3 aromatic heterocycles. The molecule has 1 aliphatic rings. The zero-order valence-corrected chi connectivity index (χ0v) is 19.3. The fraction of sp³-hybridized carbons (Fsp3) is 0.389. The molecule has 12 heteroatoms. The Balaban J connectivity index is 1.43. The van der Waals surface area contributed by atoms with Crippen LogP contribution < -0.4 is 5.56 Å². The van der Waals surface area contributed by atoms with Crippen molar-refractivity contribution in [1.82, 2.24) is 18.8 Å². The van der Waals surface area contributed by atoms with E-state index in [2.05, 4.69) is 4.98 Å². The van der Waals surface area contributed by atoms with Gasteiger partial charge in [0, 0.05) is 31.1 Å². The normalized spacial score (nSPS) is 15.7. The number of hydrogen-bond acceptors (Lipinski definition) is 7. The molecule has 4 rings (SSSR count). The summed E-state index contributed by atoms with van der Waals surface area (Å²) in [6.45, 7) is 2.81. The smallest absolute Gasteiger partial charge is 0.262 e. The number of carbonyl (C=O) groups excluding carboxylic acids is 1. The standard InChI is InChI=1S/C18H19ClN4O4S3/c1-2-12-9-13-17(28-12)20-11-22(18(13)25)10-15(24)21-5-7-23(8-6-21)30(26,27)16-4-3-14(19)29-16/h3-4,9,11H,2,5-8,10H2,1H3. The topological polar surface area (TPSA) is 92.6 Å². The van der Waals surface area contributed by atoms with E-state index in [-0.39, 0.29) is 48.4 Å². The lowest BCUT2D eigenvalue weighted by Crippen LogP contribution is -2.51. The summed E-state index contributed by atoms with van der Waals surface area (Å²) in [5.41, 5.74) is -0.236. The second-order valence-electron chi connectivity index (χ2n) is 6.81. The molecular weight excluding hydrogens is 468 g/mol. The number of hydrogen-bond donors (Lipinski definition) is 0. The second-order valence-corrected chi connectivity index (χ2v) is 11.8. The maximum Gasteiger partial charge on any atom is 0.262 e. The van der Waals surface area contributed by atoms with Gasteiger partial charge in [0.05, 0.1) is 16.0 Å². The van der Waals surface area contributed by atoms with E-state index < -0.39 is 10.0 Å². The van der Waals surface area contributed by atoms with Gasteiger partial charge in [-0.3, -0.25) is 14.2 Å². The van der Waals surface area contributed by atoms with Gasteiger partial charge < -0.3 is 4.90 Å². The largest absolute Gasteiger partial charge is 0.338 e. The number of nitrogens with zero attached hydrogens (tertiary/aromatic N) is 4. The Morgan fingerprint density at radius 3 is 2.57 bits per heavy atom. The first-order chi connectivity index (χ1) is 14.3. The second kappa shape index (κ2) is 8.39. The van der Waals surface area contributed by atoms with E-state index in [4.69, 9.17) is 11.6 Å². The summed E-state index contributed by atoms with van der Waals surface area (Å²) >= 11 is 8.35. The third-order valence-electron chi connectivity index (χ3n) is 4.96. The number of piperazine rings is 1. The van der Waals surface area contributed by atoms with Crippen LogP contribution in [-0.4, -0.2) is 59.3 Å². The minimum atomic E-state index is -3.62. The number of carbonyl (C=O) groups is 1. The van der Waals surface area contributed by atoms with Gasteiger partial charge in [-0.1, -0.05) is 18.5 Å². The number of rotatable bonds is 5. The number of aromatic nitrogens is 2. The van der Waals surface area contributed by atoms with Gasteiger partial charge in [-0.25, -0.2) is 13.4 Å². The molecule has 0 atom stereocenters. The van der Waals surface area contributed by atoms with Gasteiger partial charge in [0.15, 0.2) is 0 Å². The van der Waals surface area contributed by atoms with Crippen LogP contribution in [0.3, 0.4) is 0 Å². The highest BCUT2D eigenvalue weighted by atomic mass is 35.5. The number of aryl methyl sites for hydroxylation is 1. The van der Waals surface area contributed by atoms with E-state index in [1.54, 1.807) is 11.0 Å². The molecule has 0 aromatic carbocycles. The summed E-state index contributed by atoms with van der Waals surface area (Å²) in [5, 5.41) is 0.526. The fourth-order valence-electron chi connectivity index (χ4n) is 3.28. The van der Waals surface area contributed by atoms with Crippen molar-refractivity contribution in [3.05, 3.63) is 44.1 Å². The summed E-state index contributed by atoms with van der Waals surface area (Å²) in [6, 6.07) is 4.87. The molecule has 4 heterocycles. The van der Waals surface area contributed by atoms with Crippen LogP contribution in [0.2, 0.25) is 4.34 Å². The quantitative estimate of drug-likeness (QED) is 0.551. The molecule has 1 saturated heterocycles. The average Bonchev–Trinajstić information content (AvgIpc) is 3.37. The van der Waals surface area contributed by atoms with Crippen molar-refractivity contribution in [3.63, 3.8) is 0 Å². The maximum absolute atomic E-state index is 12.7. The molecule has 0 radical (unpaired) electrons. The predicted molar refractivity (Wildman–Crippen MR) is 118 cm³/mol. The van der Waals surface area contributed by atoms with Crippen molar-refractivity contribution in [1.29, 1.82) is 0 Å². The Labute approximate surface area is 186 Å². The summed E-state index contributed by atoms with van der Waals surface area (Å²) in [5.74, 6) is -0.236. The first-order valence-corrected chi connectivity index (χ1v) is 12.8. The average molecular weight is 487 g/mol. The van der Waals surface area contributed by atoms with E-state index >= 15 is 0 Å². The lowest BCUT2D eigenvalue weighted by molar-refractivity contribution is -0.133. The van der Waals surface area contributed by atoms with E-state index in [0.29, 0.717) is 14.6 Å². The number of amides is 1. The highest BCUT2D eigenvalue weighted by molar-refractivity contribution is 7.91. The van der Waals surface area contributed by atoms with E-state index in [1.807, 2.05) is 13.0 Å². The molecular formula is C18H19ClN4O4S3. The van der Waals surface area contributed by atoms with Crippen molar-refractivity contribution in [2.75, 3.05) is 26.2 Å². The van der Waals surface area contributed by atoms with Crippen molar-refractivity contribution in [2.45, 2.75) is 24.1 Å². The molecule has 0 bridgehead atoms. The Morgan fingerprint density at radius 1 is 1.20 bits per heavy atom. The number of halogens is 1. The minimum absolute atomic E-state index is 0.119. The summed E-state index contributed by atoms with van der Waals surface area (Å²) < 4.78 is 28.6. The number of sulfonamides is 1. The van der Waals surface area contributed by atoms with Crippen LogP contribution >= 0.6 is 34.3 Å². The van der Waals surface area contributed by atoms with Crippen LogP contribution in [0.5, 0.6) is 0 Å². The maximum atomic E-state index is 12.7. The summed E-state index contributed by atoms with van der Waals surface area (Å²) in [6.07, 6.45) is 2.23. The Hall–Kier alpha value is -1.79. The molecule has 30 heavy (non-hydrogen) atoms. The van der Waals surface area contributed by atoms with Gasteiger partial charge in [-0.2, -0.15) is 4.31 Å². The van der Waals surface area contributed by atoms with Gasteiger partial charge >= 0.3 is 0 Å². The molecule has 8 nitrogen and oxygen atoms in total. The minimum Gasteiger partial charge on any atom is -0.338 e. The van der Waals surface area contributed by atoms with Crippen molar-refractivity contribution in [2.24, 2.45) is 0 Å². The van der Waals surface area contributed by atoms with E-state index in [9.17, 15) is 18.0 Å². The highest BCUT2D eigenvalue weighted by Gasteiger charge is 2.31. The molecule has 1 amide bonds. The zero-order chi connectivity index (χ0) is 21.5. The lowest BCUT2D eigenvalue weighted by atomic mass is 10.3. The highest BCUT2D eigenvalue weighted by Crippen LogP contribution is 2.28. The van der Waals surface area contributed by atoms with Crippen LogP contribution in [-0.2, 0) is 27.8 Å². The zero-order valence-electron chi connectivity index (χ0n) is 16.1. The molecule has 0 aliphatic carbocycles. The lowest BCUT2D eigenvalue weighted by Gasteiger charge is -2.33. The van der Waals surface area contributed by atoms with Gasteiger partial charge in [-0.15, -0.1) is 22.7 Å². The van der Waals surface area contributed by atoms with Gasteiger partial charge in [0.2, 0.25) is 5.91 Å². The molecule has 3 aromatic rings. The van der Waals surface area contributed by atoms with E-state index in [1.165, 1.54) is 32.6 Å². The van der Waals surface area contributed by atoms with Gasteiger partial charge in [0.1, 0.15) is 15.6 Å². The van der Waals surface area contributed by atoms with Crippen LogP contribution in [0.1, 0.15) is 11.8 Å². The van der Waals surface area contributed by atoms with Crippen molar-refractivity contribution >= 4 is 60.4 Å². The monoisotopic (exact) mass is 486 g/mol. The third-order valence-corrected chi connectivity index (χ3v) is 9.74. The molecule has 160 valence electrons. The first kappa shape index (κ1) is 21.4. The van der Waals surface area contributed by atoms with Crippen molar-refractivity contribution in [3.8, 4) is 0 Å². The predicted octanol–water partition coefficient (Wildman–Crippen LogP) is 2.27. The van der Waals surface area contributed by atoms with E-state index in [0.717, 1.165) is 22.6 Å². The molecule has 1 fully saturated rings. The fourth-order valence-corrected chi connectivity index (χ4v) is 7.27. The summed E-state index contributed by atoms with van der Waals surface area (Å²) in [7, 11) is -3.62. The Bertz CT molecular complexity index is 1260. The molecule has 0 unspecified atom stereocenters. The molecule has 0 saturated carbocycles. The molecule has 0 spiro atoms. The molecule has 1 aliphatic heterocycles. The SMILES string of the molecule is CCc1cc2c(=O)n(CC(=O)N3CCN(S(=O)(=O)c4ccc(Cl)s4)CC3)cnc2s1. The Morgan fingerprint density at radius 2 is 1.93 bits per heavy atom.